The maximum Gasteiger partial charge on any atom is 0.350 e. The number of rotatable bonds is 6. The lowest BCUT2D eigenvalue weighted by Crippen LogP contribution is -2.22. The molecular weight excluding hydrogens is 250 g/mol. The lowest BCUT2D eigenvalue weighted by Gasteiger charge is -2.08. The SMILES string of the molecule is CC(CCO)SCCn1nc2ccccn2c1=O. The second-order valence-electron chi connectivity index (χ2n) is 4.13. The van der Waals surface area contributed by atoms with Crippen LogP contribution in [0.25, 0.3) is 5.65 Å². The highest BCUT2D eigenvalue weighted by Gasteiger charge is 2.06. The maximum absolute atomic E-state index is 11.9. The van der Waals surface area contributed by atoms with Crippen molar-refractivity contribution in [3.05, 3.63) is 34.9 Å². The summed E-state index contributed by atoms with van der Waals surface area (Å²) in [6.45, 7) is 2.89. The minimum Gasteiger partial charge on any atom is -0.396 e. The Morgan fingerprint density at radius 3 is 3.06 bits per heavy atom. The van der Waals surface area contributed by atoms with E-state index < -0.39 is 0 Å². The van der Waals surface area contributed by atoms with Gasteiger partial charge in [0.25, 0.3) is 0 Å². The van der Waals surface area contributed by atoms with Crippen molar-refractivity contribution in [3.8, 4) is 0 Å². The number of hydrogen-bond donors (Lipinski definition) is 1. The van der Waals surface area contributed by atoms with Crippen LogP contribution in [0.1, 0.15) is 13.3 Å². The van der Waals surface area contributed by atoms with Gasteiger partial charge in [0.15, 0.2) is 5.65 Å². The largest absolute Gasteiger partial charge is 0.396 e. The van der Waals surface area contributed by atoms with Gasteiger partial charge in [0.1, 0.15) is 0 Å². The Balaban J connectivity index is 2.00. The van der Waals surface area contributed by atoms with Gasteiger partial charge in [-0.15, -0.1) is 5.10 Å². The van der Waals surface area contributed by atoms with Crippen LogP contribution in [-0.4, -0.2) is 36.9 Å². The third kappa shape index (κ3) is 2.94. The number of nitrogens with zero attached hydrogens (tertiary/aromatic N) is 3. The van der Waals surface area contributed by atoms with Crippen LogP contribution < -0.4 is 5.69 Å². The third-order valence-corrected chi connectivity index (χ3v) is 3.95. The highest BCUT2D eigenvalue weighted by Crippen LogP contribution is 2.13. The fourth-order valence-corrected chi connectivity index (χ4v) is 2.67. The van der Waals surface area contributed by atoms with Gasteiger partial charge in [-0.05, 0) is 18.6 Å². The highest BCUT2D eigenvalue weighted by atomic mass is 32.2. The second-order valence-corrected chi connectivity index (χ2v) is 5.67. The minimum absolute atomic E-state index is 0.0963. The quantitative estimate of drug-likeness (QED) is 0.848. The van der Waals surface area contributed by atoms with Crippen LogP contribution in [0.5, 0.6) is 0 Å². The third-order valence-electron chi connectivity index (χ3n) is 2.73. The lowest BCUT2D eigenvalue weighted by molar-refractivity contribution is 0.289. The molecular formula is C12H17N3O2S. The fraction of sp³-hybridized carbons (Fsp3) is 0.500. The summed E-state index contributed by atoms with van der Waals surface area (Å²) in [5, 5.41) is 13.5. The van der Waals surface area contributed by atoms with E-state index in [0.29, 0.717) is 17.4 Å². The van der Waals surface area contributed by atoms with Gasteiger partial charge >= 0.3 is 5.69 Å². The first-order valence-electron chi connectivity index (χ1n) is 5.99. The molecule has 0 saturated heterocycles. The van der Waals surface area contributed by atoms with E-state index in [4.69, 9.17) is 5.11 Å². The van der Waals surface area contributed by atoms with E-state index in [1.54, 1.807) is 22.4 Å². The average molecular weight is 267 g/mol. The summed E-state index contributed by atoms with van der Waals surface area (Å²) in [5.74, 6) is 0.824. The normalized spacial score (nSPS) is 13.0. The molecule has 6 heteroatoms. The summed E-state index contributed by atoms with van der Waals surface area (Å²) in [5.41, 5.74) is 0.580. The van der Waals surface area contributed by atoms with E-state index in [-0.39, 0.29) is 12.3 Å². The molecule has 2 aromatic heterocycles. The summed E-state index contributed by atoms with van der Waals surface area (Å²) in [7, 11) is 0. The van der Waals surface area contributed by atoms with E-state index in [1.807, 2.05) is 18.2 Å². The summed E-state index contributed by atoms with van der Waals surface area (Å²) in [6, 6.07) is 5.50. The summed E-state index contributed by atoms with van der Waals surface area (Å²) < 4.78 is 3.04. The monoisotopic (exact) mass is 267 g/mol. The molecule has 1 unspecified atom stereocenters. The molecule has 0 aliphatic heterocycles. The predicted molar refractivity (Wildman–Crippen MR) is 73.1 cm³/mol. The summed E-state index contributed by atoms with van der Waals surface area (Å²) in [4.78, 5) is 11.9. The van der Waals surface area contributed by atoms with Gasteiger partial charge < -0.3 is 5.11 Å². The highest BCUT2D eigenvalue weighted by molar-refractivity contribution is 7.99. The number of pyridine rings is 1. The van der Waals surface area contributed by atoms with Crippen LogP contribution in [0.4, 0.5) is 0 Å². The van der Waals surface area contributed by atoms with Gasteiger partial charge in [0.05, 0.1) is 6.54 Å². The topological polar surface area (TPSA) is 59.5 Å². The van der Waals surface area contributed by atoms with Crippen molar-refractivity contribution in [3.63, 3.8) is 0 Å². The van der Waals surface area contributed by atoms with E-state index in [1.165, 1.54) is 4.68 Å². The average Bonchev–Trinajstić information content (AvgIpc) is 2.68. The molecule has 2 aromatic rings. The Kier molecular flexibility index (Phi) is 4.43. The van der Waals surface area contributed by atoms with E-state index in [2.05, 4.69) is 12.0 Å². The van der Waals surface area contributed by atoms with E-state index in [0.717, 1.165) is 12.2 Å². The number of aliphatic hydroxyl groups is 1. The molecule has 5 nitrogen and oxygen atoms in total. The van der Waals surface area contributed by atoms with Crippen molar-refractivity contribution in [2.75, 3.05) is 12.4 Å². The van der Waals surface area contributed by atoms with Crippen LogP contribution in [0.3, 0.4) is 0 Å². The van der Waals surface area contributed by atoms with Crippen molar-refractivity contribution in [2.45, 2.75) is 25.1 Å². The molecule has 0 fully saturated rings. The van der Waals surface area contributed by atoms with Gasteiger partial charge in [-0.2, -0.15) is 11.8 Å². The maximum atomic E-state index is 11.9. The number of aliphatic hydroxyl groups excluding tert-OH is 1. The molecule has 1 atom stereocenters. The summed E-state index contributed by atoms with van der Waals surface area (Å²) in [6.07, 6.45) is 2.51. The van der Waals surface area contributed by atoms with Gasteiger partial charge in [-0.3, -0.25) is 4.40 Å². The van der Waals surface area contributed by atoms with Crippen molar-refractivity contribution >= 4 is 17.4 Å². The molecule has 0 bridgehead atoms. The zero-order chi connectivity index (χ0) is 13.0. The zero-order valence-electron chi connectivity index (χ0n) is 10.3. The molecule has 2 heterocycles. The van der Waals surface area contributed by atoms with Crippen molar-refractivity contribution in [1.29, 1.82) is 0 Å². The van der Waals surface area contributed by atoms with Crippen molar-refractivity contribution in [2.24, 2.45) is 0 Å². The van der Waals surface area contributed by atoms with Gasteiger partial charge in [0.2, 0.25) is 0 Å². The Morgan fingerprint density at radius 1 is 1.50 bits per heavy atom. The minimum atomic E-state index is -0.0963. The number of thioether (sulfide) groups is 1. The Hall–Kier alpha value is -1.27. The van der Waals surface area contributed by atoms with Crippen molar-refractivity contribution < 1.29 is 5.11 Å². The van der Waals surface area contributed by atoms with Crippen LogP contribution in [0.15, 0.2) is 29.2 Å². The van der Waals surface area contributed by atoms with Crippen LogP contribution in [0, 0.1) is 0 Å². The Bertz CT molecular complexity index is 564. The molecule has 0 aromatic carbocycles. The molecule has 0 spiro atoms. The molecule has 0 saturated carbocycles. The standard InChI is InChI=1S/C12H17N3O2S/c1-10(5-8-16)18-9-7-15-12(17)14-6-3-2-4-11(14)13-15/h2-4,6,10,16H,5,7-9H2,1H3. The van der Waals surface area contributed by atoms with Crippen LogP contribution >= 0.6 is 11.8 Å². The van der Waals surface area contributed by atoms with E-state index >= 15 is 0 Å². The number of aromatic nitrogens is 3. The lowest BCUT2D eigenvalue weighted by atomic mass is 10.3. The molecule has 2 rings (SSSR count). The fourth-order valence-electron chi connectivity index (χ4n) is 1.72. The molecule has 18 heavy (non-hydrogen) atoms. The molecule has 0 radical (unpaired) electrons. The second kappa shape index (κ2) is 6.06. The van der Waals surface area contributed by atoms with Gasteiger partial charge in [0, 0.05) is 23.8 Å². The molecule has 0 aliphatic rings. The van der Waals surface area contributed by atoms with Crippen LogP contribution in [0.2, 0.25) is 0 Å². The molecule has 98 valence electrons. The number of fused-ring (bicyclic) bond motifs is 1. The Labute approximate surface area is 109 Å². The predicted octanol–water partition coefficient (Wildman–Crippen LogP) is 1.00. The van der Waals surface area contributed by atoms with Crippen LogP contribution in [-0.2, 0) is 6.54 Å². The molecule has 0 aliphatic carbocycles. The summed E-state index contributed by atoms with van der Waals surface area (Å²) >= 11 is 1.75. The smallest absolute Gasteiger partial charge is 0.350 e. The first kappa shape index (κ1) is 13.2. The first-order chi connectivity index (χ1) is 8.72. The zero-order valence-corrected chi connectivity index (χ0v) is 11.1. The molecule has 0 amide bonds. The first-order valence-corrected chi connectivity index (χ1v) is 7.04. The van der Waals surface area contributed by atoms with Crippen molar-refractivity contribution in [1.82, 2.24) is 14.2 Å². The Morgan fingerprint density at radius 2 is 2.33 bits per heavy atom. The van der Waals surface area contributed by atoms with E-state index in [9.17, 15) is 4.79 Å². The van der Waals surface area contributed by atoms with Gasteiger partial charge in [-0.25, -0.2) is 9.48 Å². The number of hydrogen-bond acceptors (Lipinski definition) is 4. The van der Waals surface area contributed by atoms with Gasteiger partial charge in [-0.1, -0.05) is 13.0 Å². The molecule has 1 N–H and O–H groups in total. The number of aryl methyl sites for hydroxylation is 1.